The van der Waals surface area contributed by atoms with Gasteiger partial charge in [-0.05, 0) is 36.1 Å². The fraction of sp³-hybridized carbons (Fsp3) is 0.435. The number of rotatable bonds is 4. The number of nitrogens with zero attached hydrogens (tertiary/aromatic N) is 4. The number of guanidine groups is 1. The number of benzene rings is 2. The minimum atomic E-state index is -1.24. The average Bonchev–Trinajstić information content (AvgIpc) is 3.23. The molecule has 1 unspecified atom stereocenters. The first-order valence-corrected chi connectivity index (χ1v) is 11.8. The van der Waals surface area contributed by atoms with E-state index < -0.39 is 11.0 Å². The second-order valence-electron chi connectivity index (χ2n) is 8.03. The van der Waals surface area contributed by atoms with Gasteiger partial charge in [0.25, 0.3) is 0 Å². The summed E-state index contributed by atoms with van der Waals surface area (Å²) >= 11 is 0. The van der Waals surface area contributed by atoms with Crippen LogP contribution < -0.4 is 0 Å². The summed E-state index contributed by atoms with van der Waals surface area (Å²) in [4.78, 5) is 10.5. The van der Waals surface area contributed by atoms with Gasteiger partial charge in [0.1, 0.15) is 0 Å². The molecule has 0 amide bonds. The highest BCUT2D eigenvalue weighted by Crippen LogP contribution is 2.27. The Balaban J connectivity index is 1.29. The molecule has 2 aliphatic heterocycles. The summed E-state index contributed by atoms with van der Waals surface area (Å²) in [5.41, 5.74) is 2.25. The number of hydrogen-bond donors (Lipinski definition) is 0. The van der Waals surface area contributed by atoms with Crippen LogP contribution in [0.2, 0.25) is 0 Å². The second-order valence-corrected chi connectivity index (χ2v) is 9.45. The van der Waals surface area contributed by atoms with Crippen LogP contribution in [0.5, 0.6) is 0 Å². The topological polar surface area (TPSA) is 39.2 Å². The highest BCUT2D eigenvalue weighted by atomic mass is 32.2. The maximum absolute atomic E-state index is 13.4. The third kappa shape index (κ3) is 3.83. The molecule has 2 aromatic rings. The molecule has 3 aliphatic rings. The monoisotopic (exact) mass is 408 g/mol. The molecule has 6 heteroatoms. The highest BCUT2D eigenvalue weighted by molar-refractivity contribution is 7.83. The molecule has 2 fully saturated rings. The van der Waals surface area contributed by atoms with E-state index >= 15 is 0 Å². The van der Waals surface area contributed by atoms with Gasteiger partial charge in [0, 0.05) is 32.2 Å². The van der Waals surface area contributed by atoms with E-state index in [9.17, 15) is 4.21 Å². The molecule has 29 heavy (non-hydrogen) atoms. The van der Waals surface area contributed by atoms with Gasteiger partial charge in [-0.3, -0.25) is 14.2 Å². The molecular weight excluding hydrogens is 380 g/mol. The Bertz CT molecular complexity index is 904. The molecule has 0 radical (unpaired) electrons. The van der Waals surface area contributed by atoms with Gasteiger partial charge in [0.05, 0.1) is 18.0 Å². The Labute approximate surface area is 175 Å². The summed E-state index contributed by atoms with van der Waals surface area (Å²) in [6, 6.07) is 19.2. The van der Waals surface area contributed by atoms with Crippen LogP contribution in [-0.2, 0) is 11.0 Å². The summed E-state index contributed by atoms with van der Waals surface area (Å²) in [6.45, 7) is 5.59. The summed E-state index contributed by atoms with van der Waals surface area (Å²) in [6.07, 6.45) is 4.09. The molecule has 2 heterocycles. The first-order valence-electron chi connectivity index (χ1n) is 10.7. The first-order chi connectivity index (χ1) is 14.3. The molecule has 5 rings (SSSR count). The van der Waals surface area contributed by atoms with Crippen LogP contribution in [0.1, 0.15) is 19.3 Å². The Hall–Kier alpha value is -2.18. The van der Waals surface area contributed by atoms with Crippen LogP contribution in [0.15, 0.2) is 64.5 Å². The predicted molar refractivity (Wildman–Crippen MR) is 118 cm³/mol. The first kappa shape index (κ1) is 18.8. The van der Waals surface area contributed by atoms with Gasteiger partial charge in [0.15, 0.2) is 11.0 Å². The predicted octanol–water partition coefficient (Wildman–Crippen LogP) is 3.22. The average molecular weight is 409 g/mol. The van der Waals surface area contributed by atoms with Crippen LogP contribution >= 0.6 is 0 Å². The fourth-order valence-corrected chi connectivity index (χ4v) is 5.66. The van der Waals surface area contributed by atoms with Gasteiger partial charge in [-0.25, -0.2) is 4.21 Å². The van der Waals surface area contributed by atoms with Crippen LogP contribution in [0, 0.1) is 0 Å². The second kappa shape index (κ2) is 8.28. The molecule has 1 aliphatic carbocycles. The maximum Gasteiger partial charge on any atom is 0.209 e. The quantitative estimate of drug-likeness (QED) is 0.780. The SMILES string of the molecule is O=S(c1cccc(-c2ccccc2)c1)N1CCN=C1N1CCN(C2CCC2)CC1. The highest BCUT2D eigenvalue weighted by Gasteiger charge is 2.33. The zero-order valence-electron chi connectivity index (χ0n) is 16.7. The molecular formula is C23H28N4OS. The van der Waals surface area contributed by atoms with E-state index in [0.717, 1.165) is 67.3 Å². The molecule has 0 spiro atoms. The minimum absolute atomic E-state index is 0.723. The Morgan fingerprint density at radius 2 is 1.62 bits per heavy atom. The van der Waals surface area contributed by atoms with Crippen molar-refractivity contribution < 1.29 is 4.21 Å². The van der Waals surface area contributed by atoms with Crippen molar-refractivity contribution in [3.8, 4) is 11.1 Å². The Morgan fingerprint density at radius 3 is 2.34 bits per heavy atom. The van der Waals surface area contributed by atoms with E-state index in [1.807, 2.05) is 34.6 Å². The van der Waals surface area contributed by atoms with E-state index in [1.165, 1.54) is 19.3 Å². The summed E-state index contributed by atoms with van der Waals surface area (Å²) < 4.78 is 15.4. The smallest absolute Gasteiger partial charge is 0.209 e. The minimum Gasteiger partial charge on any atom is -0.339 e. The molecule has 0 aromatic heterocycles. The van der Waals surface area contributed by atoms with Crippen molar-refractivity contribution in [3.05, 3.63) is 54.6 Å². The lowest BCUT2D eigenvalue weighted by atomic mass is 9.91. The van der Waals surface area contributed by atoms with Crippen molar-refractivity contribution >= 4 is 16.9 Å². The number of hydrogen-bond acceptors (Lipinski definition) is 4. The molecule has 5 nitrogen and oxygen atoms in total. The summed E-state index contributed by atoms with van der Waals surface area (Å²) in [7, 11) is -1.24. The number of piperazine rings is 1. The van der Waals surface area contributed by atoms with Crippen LogP contribution in [0.3, 0.4) is 0 Å². The molecule has 2 aromatic carbocycles. The zero-order chi connectivity index (χ0) is 19.6. The maximum atomic E-state index is 13.4. The van der Waals surface area contributed by atoms with E-state index in [2.05, 4.69) is 34.1 Å². The zero-order valence-corrected chi connectivity index (χ0v) is 17.6. The Kier molecular flexibility index (Phi) is 5.38. The van der Waals surface area contributed by atoms with Gasteiger partial charge >= 0.3 is 0 Å². The molecule has 0 bridgehead atoms. The number of aliphatic imine (C=N–C) groups is 1. The van der Waals surface area contributed by atoms with Crippen LogP contribution in [-0.4, -0.2) is 69.6 Å². The van der Waals surface area contributed by atoms with Crippen molar-refractivity contribution in [2.75, 3.05) is 39.3 Å². The van der Waals surface area contributed by atoms with Gasteiger partial charge in [-0.1, -0.05) is 48.9 Å². The molecule has 1 atom stereocenters. The van der Waals surface area contributed by atoms with Crippen molar-refractivity contribution in [1.82, 2.24) is 14.1 Å². The molecule has 1 saturated heterocycles. The largest absolute Gasteiger partial charge is 0.339 e. The molecule has 152 valence electrons. The van der Waals surface area contributed by atoms with Crippen molar-refractivity contribution in [1.29, 1.82) is 0 Å². The van der Waals surface area contributed by atoms with Gasteiger partial charge in [0.2, 0.25) is 5.96 Å². The lowest BCUT2D eigenvalue weighted by Gasteiger charge is -2.44. The standard InChI is InChI=1S/C23H28N4OS/c28-29(22-11-4-8-20(18-22)19-6-2-1-3-7-19)27-13-12-24-23(27)26-16-14-25(15-17-26)21-9-5-10-21/h1-4,6-8,11,18,21H,5,9-10,12-17H2. The molecule has 1 saturated carbocycles. The van der Waals surface area contributed by atoms with E-state index in [0.29, 0.717) is 0 Å². The van der Waals surface area contributed by atoms with Gasteiger partial charge < -0.3 is 4.90 Å². The normalized spacial score (nSPS) is 21.7. The van der Waals surface area contributed by atoms with Gasteiger partial charge in [-0.15, -0.1) is 0 Å². The summed E-state index contributed by atoms with van der Waals surface area (Å²) in [5.74, 6) is 0.918. The lowest BCUT2D eigenvalue weighted by molar-refractivity contribution is 0.0834. The Morgan fingerprint density at radius 1 is 0.862 bits per heavy atom. The van der Waals surface area contributed by atoms with Crippen molar-refractivity contribution in [2.24, 2.45) is 4.99 Å². The fourth-order valence-electron chi connectivity index (χ4n) is 4.42. The van der Waals surface area contributed by atoms with Crippen molar-refractivity contribution in [2.45, 2.75) is 30.2 Å². The van der Waals surface area contributed by atoms with E-state index in [4.69, 9.17) is 4.99 Å². The summed E-state index contributed by atoms with van der Waals surface area (Å²) in [5, 5.41) is 0. The van der Waals surface area contributed by atoms with E-state index in [1.54, 1.807) is 0 Å². The van der Waals surface area contributed by atoms with Crippen LogP contribution in [0.4, 0.5) is 0 Å². The van der Waals surface area contributed by atoms with Gasteiger partial charge in [-0.2, -0.15) is 0 Å². The third-order valence-electron chi connectivity index (χ3n) is 6.31. The lowest BCUT2D eigenvalue weighted by Crippen LogP contribution is -2.55. The van der Waals surface area contributed by atoms with E-state index in [-0.39, 0.29) is 0 Å². The molecule has 0 N–H and O–H groups in total. The van der Waals surface area contributed by atoms with Crippen LogP contribution in [0.25, 0.3) is 11.1 Å². The van der Waals surface area contributed by atoms with Crippen molar-refractivity contribution in [3.63, 3.8) is 0 Å². The third-order valence-corrected chi connectivity index (χ3v) is 7.71.